The molecule has 106 valence electrons. The predicted molar refractivity (Wildman–Crippen MR) is 79.0 cm³/mol. The van der Waals surface area contributed by atoms with Gasteiger partial charge in [-0.2, -0.15) is 0 Å². The monoisotopic (exact) mass is 330 g/mol. The maximum Gasteiger partial charge on any atom is 0.347 e. The first-order valence-electron chi connectivity index (χ1n) is 5.65. The second-order valence-electron chi connectivity index (χ2n) is 4.07. The molecule has 2 aromatic heterocycles. The minimum atomic E-state index is -1.00. The number of thiophene rings is 1. The van der Waals surface area contributed by atoms with Crippen LogP contribution in [0.1, 0.15) is 43.0 Å². The van der Waals surface area contributed by atoms with Crippen LogP contribution in [0.2, 0.25) is 4.34 Å². The number of thiazole rings is 1. The van der Waals surface area contributed by atoms with Gasteiger partial charge in [0.05, 0.1) is 20.9 Å². The molecule has 1 amide bonds. The molecule has 0 aromatic carbocycles. The largest absolute Gasteiger partial charge is 0.477 e. The Bertz CT molecular complexity index is 665. The topological polar surface area (TPSA) is 79.3 Å². The van der Waals surface area contributed by atoms with E-state index in [0.717, 1.165) is 11.3 Å². The molecule has 0 spiro atoms. The van der Waals surface area contributed by atoms with E-state index in [1.807, 2.05) is 0 Å². The summed E-state index contributed by atoms with van der Waals surface area (Å²) in [5.41, 5.74) is 0.456. The van der Waals surface area contributed by atoms with E-state index in [-0.39, 0.29) is 16.8 Å². The molecule has 0 radical (unpaired) electrons. The van der Waals surface area contributed by atoms with Gasteiger partial charge in [0.2, 0.25) is 0 Å². The molecule has 0 aliphatic heterocycles. The van der Waals surface area contributed by atoms with E-state index in [4.69, 9.17) is 16.7 Å². The van der Waals surface area contributed by atoms with Crippen molar-refractivity contribution >= 4 is 46.2 Å². The molecule has 5 nitrogen and oxygen atoms in total. The first-order valence-corrected chi connectivity index (χ1v) is 7.66. The van der Waals surface area contributed by atoms with Crippen LogP contribution in [0.3, 0.4) is 0 Å². The van der Waals surface area contributed by atoms with Crippen molar-refractivity contribution in [1.29, 1.82) is 0 Å². The zero-order valence-corrected chi connectivity index (χ0v) is 13.0. The normalized spacial score (nSPS) is 12.2. The van der Waals surface area contributed by atoms with Crippen LogP contribution in [0, 0.1) is 6.92 Å². The van der Waals surface area contributed by atoms with Crippen molar-refractivity contribution in [2.45, 2.75) is 19.9 Å². The summed E-state index contributed by atoms with van der Waals surface area (Å²) in [5, 5.41) is 12.3. The zero-order chi connectivity index (χ0) is 14.9. The van der Waals surface area contributed by atoms with E-state index in [9.17, 15) is 9.59 Å². The van der Waals surface area contributed by atoms with Gasteiger partial charge in [0.25, 0.3) is 5.91 Å². The smallest absolute Gasteiger partial charge is 0.347 e. The summed E-state index contributed by atoms with van der Waals surface area (Å²) in [4.78, 5) is 27.8. The Hall–Kier alpha value is -1.44. The highest BCUT2D eigenvalue weighted by atomic mass is 35.5. The third kappa shape index (κ3) is 3.17. The van der Waals surface area contributed by atoms with E-state index in [1.54, 1.807) is 26.0 Å². The van der Waals surface area contributed by atoms with E-state index >= 15 is 0 Å². The molecule has 20 heavy (non-hydrogen) atoms. The Morgan fingerprint density at radius 2 is 2.10 bits per heavy atom. The number of carbonyl (C=O) groups is 2. The molecule has 0 saturated heterocycles. The molecule has 0 bridgehead atoms. The number of carbonyl (C=O) groups excluding carboxylic acids is 1. The van der Waals surface area contributed by atoms with Crippen LogP contribution in [0.25, 0.3) is 0 Å². The van der Waals surface area contributed by atoms with Crippen LogP contribution in [-0.2, 0) is 0 Å². The van der Waals surface area contributed by atoms with Crippen molar-refractivity contribution < 1.29 is 14.7 Å². The van der Waals surface area contributed by atoms with Gasteiger partial charge in [-0.1, -0.05) is 11.6 Å². The van der Waals surface area contributed by atoms with E-state index in [2.05, 4.69) is 10.3 Å². The maximum atomic E-state index is 12.0. The molecule has 0 aliphatic rings. The fraction of sp³-hybridized carbons (Fsp3) is 0.250. The van der Waals surface area contributed by atoms with Gasteiger partial charge >= 0.3 is 5.97 Å². The summed E-state index contributed by atoms with van der Waals surface area (Å²) in [7, 11) is 0. The second-order valence-corrected chi connectivity index (χ2v) is 6.82. The predicted octanol–water partition coefficient (Wildman–Crippen LogP) is 3.36. The van der Waals surface area contributed by atoms with Gasteiger partial charge in [-0.25, -0.2) is 9.78 Å². The van der Waals surface area contributed by atoms with Gasteiger partial charge in [0, 0.05) is 0 Å². The van der Waals surface area contributed by atoms with Gasteiger partial charge in [-0.05, 0) is 26.0 Å². The number of hydrogen-bond acceptors (Lipinski definition) is 5. The van der Waals surface area contributed by atoms with Crippen molar-refractivity contribution in [3.8, 4) is 0 Å². The Morgan fingerprint density at radius 1 is 1.40 bits per heavy atom. The van der Waals surface area contributed by atoms with E-state index in [1.165, 1.54) is 11.3 Å². The number of aromatic nitrogens is 1. The number of carboxylic acids is 1. The Kier molecular flexibility index (Phi) is 4.42. The SMILES string of the molecule is Cc1nc([C@H](C)NC(=O)c2ccc(Cl)s2)sc1C(=O)O. The number of aromatic carboxylic acids is 1. The number of aryl methyl sites for hydroxylation is 1. The molecule has 8 heteroatoms. The molecule has 2 N–H and O–H groups in total. The standard InChI is InChI=1S/C12H11ClN2O3S2/c1-5-9(12(17)18)20-11(15-5)6(2)14-10(16)7-3-4-8(13)19-7/h3-4,6H,1-2H3,(H,14,16)(H,17,18)/t6-/m0/s1. The minimum Gasteiger partial charge on any atom is -0.477 e. The Labute approximate surface area is 128 Å². The fourth-order valence-corrected chi connectivity index (χ4v) is 3.42. The van der Waals surface area contributed by atoms with Gasteiger partial charge in [0.1, 0.15) is 9.88 Å². The first-order chi connectivity index (χ1) is 9.38. The zero-order valence-electron chi connectivity index (χ0n) is 10.6. The van der Waals surface area contributed by atoms with E-state index in [0.29, 0.717) is 19.9 Å². The number of carboxylic acid groups (broad SMARTS) is 1. The highest BCUT2D eigenvalue weighted by Gasteiger charge is 2.20. The van der Waals surface area contributed by atoms with Gasteiger partial charge in [0.15, 0.2) is 0 Å². The molecule has 2 heterocycles. The number of rotatable bonds is 4. The summed E-state index contributed by atoms with van der Waals surface area (Å²) in [5.74, 6) is -1.26. The summed E-state index contributed by atoms with van der Waals surface area (Å²) in [6.07, 6.45) is 0. The third-order valence-electron chi connectivity index (χ3n) is 2.52. The quantitative estimate of drug-likeness (QED) is 0.901. The van der Waals surface area contributed by atoms with Crippen LogP contribution < -0.4 is 5.32 Å². The number of amides is 1. The molecule has 0 unspecified atom stereocenters. The molecular formula is C12H11ClN2O3S2. The molecule has 2 rings (SSSR count). The maximum absolute atomic E-state index is 12.0. The third-order valence-corrected chi connectivity index (χ3v) is 5.08. The molecular weight excluding hydrogens is 320 g/mol. The minimum absolute atomic E-state index is 0.195. The first kappa shape index (κ1) is 15.0. The van der Waals surface area contributed by atoms with Crippen LogP contribution >= 0.6 is 34.3 Å². The lowest BCUT2D eigenvalue weighted by Gasteiger charge is -2.09. The number of hydrogen-bond donors (Lipinski definition) is 2. The van der Waals surface area contributed by atoms with Crippen molar-refractivity contribution in [3.05, 3.63) is 36.9 Å². The molecule has 0 saturated carbocycles. The number of nitrogens with zero attached hydrogens (tertiary/aromatic N) is 1. The van der Waals surface area contributed by atoms with Crippen LogP contribution in [0.4, 0.5) is 0 Å². The highest BCUT2D eigenvalue weighted by Crippen LogP contribution is 2.25. The summed E-state index contributed by atoms with van der Waals surface area (Å²) in [6.45, 7) is 3.40. The molecule has 0 aliphatic carbocycles. The average Bonchev–Trinajstić information content (AvgIpc) is 2.95. The van der Waals surface area contributed by atoms with Gasteiger partial charge in [-0.3, -0.25) is 4.79 Å². The van der Waals surface area contributed by atoms with Crippen molar-refractivity contribution in [2.24, 2.45) is 0 Å². The number of halogens is 1. The van der Waals surface area contributed by atoms with Crippen LogP contribution in [0.5, 0.6) is 0 Å². The summed E-state index contributed by atoms with van der Waals surface area (Å²) >= 11 is 8.04. The average molecular weight is 331 g/mol. The second kappa shape index (κ2) is 5.90. The van der Waals surface area contributed by atoms with Crippen molar-refractivity contribution in [1.82, 2.24) is 10.3 Å². The summed E-state index contributed by atoms with van der Waals surface area (Å²) in [6, 6.07) is 2.94. The lowest BCUT2D eigenvalue weighted by molar-refractivity contribution is 0.0701. The Morgan fingerprint density at radius 3 is 2.60 bits per heavy atom. The lowest BCUT2D eigenvalue weighted by atomic mass is 10.3. The molecule has 1 atom stereocenters. The van der Waals surface area contributed by atoms with Crippen molar-refractivity contribution in [2.75, 3.05) is 0 Å². The van der Waals surface area contributed by atoms with Crippen LogP contribution in [-0.4, -0.2) is 22.0 Å². The highest BCUT2D eigenvalue weighted by molar-refractivity contribution is 7.18. The van der Waals surface area contributed by atoms with Gasteiger partial charge in [-0.15, -0.1) is 22.7 Å². The molecule has 2 aromatic rings. The van der Waals surface area contributed by atoms with Gasteiger partial charge < -0.3 is 10.4 Å². The fourth-order valence-electron chi connectivity index (χ4n) is 1.57. The molecule has 0 fully saturated rings. The summed E-state index contributed by atoms with van der Waals surface area (Å²) < 4.78 is 0.543. The van der Waals surface area contributed by atoms with E-state index < -0.39 is 5.97 Å². The number of nitrogens with one attached hydrogen (secondary N) is 1. The Balaban J connectivity index is 2.12. The van der Waals surface area contributed by atoms with Crippen molar-refractivity contribution in [3.63, 3.8) is 0 Å². The van der Waals surface area contributed by atoms with Crippen LogP contribution in [0.15, 0.2) is 12.1 Å². The lowest BCUT2D eigenvalue weighted by Crippen LogP contribution is -2.25.